The van der Waals surface area contributed by atoms with Crippen LogP contribution in [0.2, 0.25) is 0 Å². The van der Waals surface area contributed by atoms with E-state index in [1.807, 2.05) is 31.2 Å². The molecule has 0 spiro atoms. The van der Waals surface area contributed by atoms with E-state index in [9.17, 15) is 4.79 Å². The maximum absolute atomic E-state index is 12.5. The number of hydrogen-bond acceptors (Lipinski definition) is 4. The predicted octanol–water partition coefficient (Wildman–Crippen LogP) is 2.91. The summed E-state index contributed by atoms with van der Waals surface area (Å²) < 4.78 is 11.3. The molecule has 5 heteroatoms. The fourth-order valence-corrected chi connectivity index (χ4v) is 3.27. The number of nitrogens with one attached hydrogen (secondary N) is 1. The molecule has 0 radical (unpaired) electrons. The third-order valence-corrected chi connectivity index (χ3v) is 5.22. The van der Waals surface area contributed by atoms with Gasteiger partial charge in [-0.3, -0.25) is 9.69 Å². The van der Waals surface area contributed by atoms with E-state index in [-0.39, 0.29) is 5.91 Å². The largest absolute Gasteiger partial charge is 0.492 e. The lowest BCUT2D eigenvalue weighted by Crippen LogP contribution is -2.44. The van der Waals surface area contributed by atoms with Gasteiger partial charge in [0.2, 0.25) is 0 Å². The van der Waals surface area contributed by atoms with Crippen molar-refractivity contribution in [3.8, 4) is 5.75 Å². The average molecular weight is 332 g/mol. The SMILES string of the molecule is CO[C@](C)(C(=O)Nc1ccc(OCCN2CCCC2)cc1)C1CC1. The van der Waals surface area contributed by atoms with E-state index >= 15 is 0 Å². The molecule has 1 amide bonds. The van der Waals surface area contributed by atoms with Crippen LogP contribution in [0.1, 0.15) is 32.6 Å². The van der Waals surface area contributed by atoms with E-state index in [0.29, 0.717) is 12.5 Å². The van der Waals surface area contributed by atoms with Crippen LogP contribution in [0.15, 0.2) is 24.3 Å². The van der Waals surface area contributed by atoms with Crippen LogP contribution in [-0.4, -0.2) is 49.8 Å². The first kappa shape index (κ1) is 17.2. The van der Waals surface area contributed by atoms with Crippen LogP contribution in [0.4, 0.5) is 5.69 Å². The summed E-state index contributed by atoms with van der Waals surface area (Å²) >= 11 is 0. The molecule has 1 saturated carbocycles. The van der Waals surface area contributed by atoms with Crippen molar-refractivity contribution in [2.24, 2.45) is 5.92 Å². The van der Waals surface area contributed by atoms with E-state index < -0.39 is 5.60 Å². The molecule has 1 aliphatic carbocycles. The second-order valence-electron chi connectivity index (χ2n) is 6.96. The van der Waals surface area contributed by atoms with Gasteiger partial charge in [0, 0.05) is 19.3 Å². The van der Waals surface area contributed by atoms with Gasteiger partial charge in [-0.2, -0.15) is 0 Å². The summed E-state index contributed by atoms with van der Waals surface area (Å²) in [5.41, 5.74) is 0.0427. The van der Waals surface area contributed by atoms with E-state index in [1.165, 1.54) is 25.9 Å². The third kappa shape index (κ3) is 4.08. The molecule has 1 aliphatic heterocycles. The number of carbonyl (C=O) groups is 1. The highest BCUT2D eigenvalue weighted by molar-refractivity contribution is 5.97. The second kappa shape index (κ2) is 7.53. The molecule has 2 fully saturated rings. The zero-order valence-electron chi connectivity index (χ0n) is 14.7. The minimum absolute atomic E-state index is 0.0739. The summed E-state index contributed by atoms with van der Waals surface area (Å²) in [5.74, 6) is 1.09. The van der Waals surface area contributed by atoms with Gasteiger partial charge in [0.1, 0.15) is 18.0 Å². The summed E-state index contributed by atoms with van der Waals surface area (Å²) in [7, 11) is 1.61. The van der Waals surface area contributed by atoms with Crippen molar-refractivity contribution in [1.82, 2.24) is 4.90 Å². The molecule has 0 bridgehead atoms. The number of methoxy groups -OCH3 is 1. The van der Waals surface area contributed by atoms with E-state index in [4.69, 9.17) is 9.47 Å². The molecule has 1 aromatic carbocycles. The Balaban J connectivity index is 1.47. The van der Waals surface area contributed by atoms with Gasteiger partial charge < -0.3 is 14.8 Å². The van der Waals surface area contributed by atoms with Crippen molar-refractivity contribution in [2.45, 2.75) is 38.2 Å². The molecular formula is C19H28N2O3. The summed E-state index contributed by atoms with van der Waals surface area (Å²) in [6.07, 6.45) is 4.72. The van der Waals surface area contributed by atoms with Crippen molar-refractivity contribution >= 4 is 11.6 Å². The molecule has 1 heterocycles. The Hall–Kier alpha value is -1.59. The van der Waals surface area contributed by atoms with Crippen LogP contribution in [0.5, 0.6) is 5.75 Å². The lowest BCUT2D eigenvalue weighted by atomic mass is 9.99. The normalized spacial score (nSPS) is 20.6. The zero-order valence-corrected chi connectivity index (χ0v) is 14.7. The van der Waals surface area contributed by atoms with Gasteiger partial charge in [-0.25, -0.2) is 0 Å². The van der Waals surface area contributed by atoms with E-state index in [0.717, 1.165) is 30.8 Å². The summed E-state index contributed by atoms with van der Waals surface area (Å²) in [6.45, 7) is 5.93. The molecule has 1 atom stereocenters. The minimum atomic E-state index is -0.731. The van der Waals surface area contributed by atoms with Gasteiger partial charge in [0.15, 0.2) is 0 Å². The van der Waals surface area contributed by atoms with Gasteiger partial charge in [0.25, 0.3) is 5.91 Å². The number of carbonyl (C=O) groups excluding carboxylic acids is 1. The minimum Gasteiger partial charge on any atom is -0.492 e. The molecule has 1 saturated heterocycles. The lowest BCUT2D eigenvalue weighted by Gasteiger charge is -2.26. The Morgan fingerprint density at radius 3 is 2.50 bits per heavy atom. The monoisotopic (exact) mass is 332 g/mol. The van der Waals surface area contributed by atoms with Crippen LogP contribution in [0.25, 0.3) is 0 Å². The smallest absolute Gasteiger partial charge is 0.256 e. The van der Waals surface area contributed by atoms with Crippen molar-refractivity contribution < 1.29 is 14.3 Å². The van der Waals surface area contributed by atoms with Crippen LogP contribution >= 0.6 is 0 Å². The number of ether oxygens (including phenoxy) is 2. The molecule has 1 aromatic rings. The zero-order chi connectivity index (χ0) is 17.0. The van der Waals surface area contributed by atoms with Crippen LogP contribution in [0, 0.1) is 5.92 Å². The van der Waals surface area contributed by atoms with Crippen molar-refractivity contribution in [3.05, 3.63) is 24.3 Å². The maximum atomic E-state index is 12.5. The molecule has 24 heavy (non-hydrogen) atoms. The number of nitrogens with zero attached hydrogens (tertiary/aromatic N) is 1. The average Bonchev–Trinajstić information content (AvgIpc) is 3.33. The number of hydrogen-bond donors (Lipinski definition) is 1. The van der Waals surface area contributed by atoms with Gasteiger partial charge in [-0.05, 0) is 75.9 Å². The predicted molar refractivity (Wildman–Crippen MR) is 94.4 cm³/mol. The lowest BCUT2D eigenvalue weighted by molar-refractivity contribution is -0.138. The number of rotatable bonds is 8. The third-order valence-electron chi connectivity index (χ3n) is 5.22. The van der Waals surface area contributed by atoms with Crippen LogP contribution < -0.4 is 10.1 Å². The molecule has 132 valence electrons. The summed E-state index contributed by atoms with van der Waals surface area (Å²) in [5, 5.41) is 2.96. The Bertz CT molecular complexity index is 550. The molecule has 3 rings (SSSR count). The van der Waals surface area contributed by atoms with Crippen molar-refractivity contribution in [3.63, 3.8) is 0 Å². The Morgan fingerprint density at radius 1 is 1.25 bits per heavy atom. The first-order valence-electron chi connectivity index (χ1n) is 8.93. The fraction of sp³-hybridized carbons (Fsp3) is 0.632. The maximum Gasteiger partial charge on any atom is 0.256 e. The quantitative estimate of drug-likeness (QED) is 0.795. The Kier molecular flexibility index (Phi) is 5.41. The number of benzene rings is 1. The van der Waals surface area contributed by atoms with Crippen LogP contribution in [0.3, 0.4) is 0 Å². The highest BCUT2D eigenvalue weighted by Gasteiger charge is 2.47. The standard InChI is InChI=1S/C19H28N2O3/c1-19(23-2,15-5-6-15)18(22)20-16-7-9-17(10-8-16)24-14-13-21-11-3-4-12-21/h7-10,15H,3-6,11-14H2,1-2H3,(H,20,22)/t19-/m0/s1. The Labute approximate surface area is 144 Å². The molecule has 2 aliphatic rings. The molecular weight excluding hydrogens is 304 g/mol. The fourth-order valence-electron chi connectivity index (χ4n) is 3.27. The summed E-state index contributed by atoms with van der Waals surface area (Å²) in [4.78, 5) is 14.9. The number of likely N-dealkylation sites (tertiary alicyclic amines) is 1. The van der Waals surface area contributed by atoms with Gasteiger partial charge in [-0.15, -0.1) is 0 Å². The highest BCUT2D eigenvalue weighted by Crippen LogP contribution is 2.42. The van der Waals surface area contributed by atoms with Gasteiger partial charge in [0.05, 0.1) is 0 Å². The molecule has 5 nitrogen and oxygen atoms in total. The topological polar surface area (TPSA) is 50.8 Å². The Morgan fingerprint density at radius 2 is 1.92 bits per heavy atom. The highest BCUT2D eigenvalue weighted by atomic mass is 16.5. The van der Waals surface area contributed by atoms with E-state index in [1.54, 1.807) is 7.11 Å². The van der Waals surface area contributed by atoms with Gasteiger partial charge in [-0.1, -0.05) is 0 Å². The molecule has 0 aromatic heterocycles. The summed E-state index contributed by atoms with van der Waals surface area (Å²) in [6, 6.07) is 7.57. The second-order valence-corrected chi connectivity index (χ2v) is 6.96. The molecule has 0 unspecified atom stereocenters. The molecule has 1 N–H and O–H groups in total. The van der Waals surface area contributed by atoms with Crippen molar-refractivity contribution in [1.29, 1.82) is 0 Å². The van der Waals surface area contributed by atoms with Crippen molar-refractivity contribution in [2.75, 3.05) is 38.7 Å². The number of amides is 1. The van der Waals surface area contributed by atoms with E-state index in [2.05, 4.69) is 10.2 Å². The first-order chi connectivity index (χ1) is 11.6. The first-order valence-corrected chi connectivity index (χ1v) is 8.93. The van der Waals surface area contributed by atoms with Gasteiger partial charge >= 0.3 is 0 Å². The van der Waals surface area contributed by atoms with Crippen LogP contribution in [-0.2, 0) is 9.53 Å². The number of anilines is 1.